The van der Waals surface area contributed by atoms with Crippen molar-refractivity contribution in [3.8, 4) is 5.75 Å². The Balaban J connectivity index is 1.95. The molecule has 0 spiro atoms. The number of anilines is 1. The lowest BCUT2D eigenvalue weighted by Crippen LogP contribution is -2.63. The lowest BCUT2D eigenvalue weighted by molar-refractivity contribution is -0.148. The second kappa shape index (κ2) is 9.09. The van der Waals surface area contributed by atoms with Crippen LogP contribution in [0.4, 0.5) is 5.69 Å². The molecule has 8 N–H and O–H groups in total. The number of aliphatic hydroxyl groups is 3. The number of nitrogens with two attached hydrogens (primary N) is 2. The van der Waals surface area contributed by atoms with Crippen molar-refractivity contribution in [2.45, 2.75) is 57.8 Å². The molecule has 0 aromatic heterocycles. The number of benzene rings is 1. The molecular weight excluding hydrogens is 508 g/mol. The Bertz CT molecular complexity index is 1400. The predicted octanol–water partition coefficient (Wildman–Crippen LogP) is 1.24. The summed E-state index contributed by atoms with van der Waals surface area (Å²) in [7, 11) is 3.14. The summed E-state index contributed by atoms with van der Waals surface area (Å²) in [6, 6.07) is 0.415. The zero-order chi connectivity index (χ0) is 29.4. The molecule has 210 valence electrons. The molecule has 0 heterocycles. The van der Waals surface area contributed by atoms with Crippen LogP contribution in [-0.2, 0) is 20.8 Å². The molecule has 4 atom stereocenters. The number of amides is 1. The van der Waals surface area contributed by atoms with Gasteiger partial charge in [0.25, 0.3) is 5.91 Å². The quantitative estimate of drug-likeness (QED) is 0.105. The van der Waals surface area contributed by atoms with Gasteiger partial charge in [-0.3, -0.25) is 19.3 Å². The van der Waals surface area contributed by atoms with Crippen LogP contribution in [-0.4, -0.2) is 79.9 Å². The molecular formula is C27H34N4O8. The van der Waals surface area contributed by atoms with Crippen molar-refractivity contribution in [1.82, 2.24) is 4.90 Å². The lowest BCUT2D eigenvalue weighted by Gasteiger charge is -2.50. The minimum Gasteiger partial charge on any atom is -0.510 e. The third-order valence-corrected chi connectivity index (χ3v) is 7.60. The molecule has 0 unspecified atom stereocenters. The van der Waals surface area contributed by atoms with E-state index in [1.54, 1.807) is 21.0 Å². The number of hydrogen-bond donors (Lipinski definition) is 6. The van der Waals surface area contributed by atoms with Crippen molar-refractivity contribution in [2.24, 2.45) is 22.7 Å². The van der Waals surface area contributed by atoms with Gasteiger partial charge >= 0.3 is 0 Å². The van der Waals surface area contributed by atoms with Crippen molar-refractivity contribution in [3.05, 3.63) is 45.4 Å². The van der Waals surface area contributed by atoms with E-state index >= 15 is 0 Å². The molecule has 3 aliphatic rings. The first kappa shape index (κ1) is 28.1. The number of phenolic OH excluding ortho intramolecular Hbond substituents is 1. The average Bonchev–Trinajstić information content (AvgIpc) is 2.81. The lowest BCUT2D eigenvalue weighted by atomic mass is 9.58. The van der Waals surface area contributed by atoms with Crippen LogP contribution in [0, 0.1) is 11.8 Å². The number of likely N-dealkylation sites (N-methyl/N-ethyl adjacent to an activating group) is 1. The van der Waals surface area contributed by atoms with Crippen molar-refractivity contribution in [3.63, 3.8) is 0 Å². The summed E-state index contributed by atoms with van der Waals surface area (Å²) in [6.45, 7) is 7.12. The summed E-state index contributed by atoms with van der Waals surface area (Å²) in [5.74, 6) is -7.30. The molecule has 12 heteroatoms. The molecule has 39 heavy (non-hydrogen) atoms. The Labute approximate surface area is 225 Å². The first-order valence-corrected chi connectivity index (χ1v) is 12.5. The number of Topliss-reactive ketones (excluding diaryl/α,β-unsaturated/α-hetero) is 2. The highest BCUT2D eigenvalue weighted by Crippen LogP contribution is 2.53. The van der Waals surface area contributed by atoms with Crippen LogP contribution in [0.2, 0.25) is 0 Å². The SMILES string of the molecule is CC(=NOC(C)(C)C)c1cc(N)c(O)c2c1C[C@H]1C[C@H]3[C@H](N(C)C)C(O)=C(C(N)=O)C(=O)[C@@]3(O)C(O)=C1C2=O. The van der Waals surface area contributed by atoms with Crippen molar-refractivity contribution in [1.29, 1.82) is 0 Å². The molecule has 0 saturated carbocycles. The van der Waals surface area contributed by atoms with Gasteiger partial charge < -0.3 is 36.7 Å². The first-order chi connectivity index (χ1) is 17.9. The van der Waals surface area contributed by atoms with E-state index in [1.807, 2.05) is 20.8 Å². The zero-order valence-electron chi connectivity index (χ0n) is 22.7. The van der Waals surface area contributed by atoms with Crippen molar-refractivity contribution in [2.75, 3.05) is 19.8 Å². The number of rotatable bonds is 4. The maximum Gasteiger partial charge on any atom is 0.255 e. The molecule has 1 aromatic carbocycles. The summed E-state index contributed by atoms with van der Waals surface area (Å²) in [5.41, 5.74) is 7.94. The van der Waals surface area contributed by atoms with Crippen LogP contribution in [0.1, 0.15) is 55.6 Å². The predicted molar refractivity (Wildman–Crippen MR) is 141 cm³/mol. The number of allylic oxidation sites excluding steroid dienone is 1. The average molecular weight is 543 g/mol. The number of hydrogen-bond acceptors (Lipinski definition) is 11. The first-order valence-electron chi connectivity index (χ1n) is 12.5. The van der Waals surface area contributed by atoms with E-state index in [0.717, 1.165) is 0 Å². The number of nitrogen functional groups attached to an aromatic ring is 1. The molecule has 4 rings (SSSR count). The second-order valence-electron chi connectivity index (χ2n) is 11.6. The van der Waals surface area contributed by atoms with Gasteiger partial charge in [0.15, 0.2) is 11.4 Å². The van der Waals surface area contributed by atoms with E-state index in [9.17, 15) is 34.8 Å². The van der Waals surface area contributed by atoms with E-state index in [4.69, 9.17) is 16.3 Å². The maximum absolute atomic E-state index is 13.9. The van der Waals surface area contributed by atoms with Crippen molar-refractivity contribution >= 4 is 28.9 Å². The largest absolute Gasteiger partial charge is 0.510 e. The number of primary amides is 1. The molecule has 0 radical (unpaired) electrons. The van der Waals surface area contributed by atoms with Gasteiger partial charge in [-0.1, -0.05) is 5.16 Å². The van der Waals surface area contributed by atoms with Gasteiger partial charge in [0, 0.05) is 17.1 Å². The number of oxime groups is 1. The number of aromatic hydroxyl groups is 1. The van der Waals surface area contributed by atoms with Gasteiger partial charge in [0.2, 0.25) is 5.78 Å². The van der Waals surface area contributed by atoms with E-state index in [2.05, 4.69) is 5.16 Å². The Kier molecular flexibility index (Phi) is 6.56. The van der Waals surface area contributed by atoms with Crippen LogP contribution >= 0.6 is 0 Å². The minimum atomic E-state index is -2.71. The number of carbonyl (C=O) groups excluding carboxylic acids is 3. The number of nitrogens with zero attached hydrogens (tertiary/aromatic N) is 2. The fraction of sp³-hybridized carbons (Fsp3) is 0.481. The molecule has 12 nitrogen and oxygen atoms in total. The van der Waals surface area contributed by atoms with E-state index in [-0.39, 0.29) is 29.7 Å². The normalized spacial score (nSPS) is 27.4. The molecule has 0 bridgehead atoms. The van der Waals surface area contributed by atoms with Gasteiger partial charge in [-0.15, -0.1) is 0 Å². The number of carbonyl (C=O) groups is 3. The highest BCUT2D eigenvalue weighted by Gasteiger charge is 2.63. The summed E-state index contributed by atoms with van der Waals surface area (Å²) >= 11 is 0. The van der Waals surface area contributed by atoms with Crippen molar-refractivity contribution < 1.29 is 39.6 Å². The zero-order valence-corrected chi connectivity index (χ0v) is 22.7. The van der Waals surface area contributed by atoms with E-state index in [0.29, 0.717) is 16.8 Å². The fourth-order valence-corrected chi connectivity index (χ4v) is 5.92. The molecule has 0 saturated heterocycles. The van der Waals surface area contributed by atoms with Crippen LogP contribution in [0.15, 0.2) is 33.9 Å². The molecule has 0 aliphatic heterocycles. The second-order valence-corrected chi connectivity index (χ2v) is 11.6. The van der Waals surface area contributed by atoms with Crippen LogP contribution in [0.3, 0.4) is 0 Å². The molecule has 0 fully saturated rings. The topological polar surface area (TPSA) is 209 Å². The number of ketones is 2. The Hall–Kier alpha value is -3.90. The van der Waals surface area contributed by atoms with Gasteiger partial charge in [0.1, 0.15) is 28.4 Å². The van der Waals surface area contributed by atoms with Crippen LogP contribution in [0.25, 0.3) is 0 Å². The molecule has 1 amide bonds. The van der Waals surface area contributed by atoms with Gasteiger partial charge in [-0.2, -0.15) is 0 Å². The van der Waals surface area contributed by atoms with Gasteiger partial charge in [0.05, 0.1) is 23.0 Å². The third kappa shape index (κ3) is 4.14. The van der Waals surface area contributed by atoms with E-state index < -0.39 is 69.4 Å². The summed E-state index contributed by atoms with van der Waals surface area (Å²) in [5, 5.41) is 48.9. The molecule has 3 aliphatic carbocycles. The third-order valence-electron chi connectivity index (χ3n) is 7.60. The highest BCUT2D eigenvalue weighted by molar-refractivity contribution is 6.25. The fourth-order valence-electron chi connectivity index (χ4n) is 5.92. The van der Waals surface area contributed by atoms with Gasteiger partial charge in [-0.05, 0) is 72.2 Å². The summed E-state index contributed by atoms with van der Waals surface area (Å²) in [6.07, 6.45) is 0.0884. The molecule has 1 aromatic rings. The smallest absolute Gasteiger partial charge is 0.255 e. The van der Waals surface area contributed by atoms with Gasteiger partial charge in [-0.25, -0.2) is 0 Å². The van der Waals surface area contributed by atoms with Crippen LogP contribution in [0.5, 0.6) is 5.75 Å². The number of fused-ring (bicyclic) bond motifs is 3. The highest BCUT2D eigenvalue weighted by atomic mass is 16.6. The Morgan fingerprint density at radius 1 is 1.21 bits per heavy atom. The Morgan fingerprint density at radius 2 is 1.82 bits per heavy atom. The summed E-state index contributed by atoms with van der Waals surface area (Å²) < 4.78 is 0. The van der Waals surface area contributed by atoms with Crippen LogP contribution < -0.4 is 11.5 Å². The Morgan fingerprint density at radius 3 is 2.36 bits per heavy atom. The number of phenols is 1. The maximum atomic E-state index is 13.9. The monoisotopic (exact) mass is 542 g/mol. The standard InChI is InChI=1S/C27H34N4O8/c1-10(30-39-26(2,3)4)12-9-15(28)20(32)17-13(12)7-11-8-14-19(31(5)6)22(34)18(25(29)37)24(36)27(14,38)23(35)16(11)21(17)33/h9,11,14,19,32,34-35,38H,7-8,28H2,1-6H3,(H2,29,37)/t11-,14-,19-,27-/m0/s1. The minimum absolute atomic E-state index is 0.0228. The van der Waals surface area contributed by atoms with E-state index in [1.165, 1.54) is 11.0 Å². The number of aliphatic hydroxyl groups excluding tert-OH is 2. The summed E-state index contributed by atoms with van der Waals surface area (Å²) in [4.78, 5) is 46.3.